The normalized spacial score (nSPS) is 34.0. The molecule has 0 amide bonds. The summed E-state index contributed by atoms with van der Waals surface area (Å²) < 4.78 is 13.1. The molecule has 3 atom stereocenters. The Morgan fingerprint density at radius 2 is 1.83 bits per heavy atom. The van der Waals surface area contributed by atoms with Crippen LogP contribution < -0.4 is 4.74 Å². The number of ketones is 1. The predicted molar refractivity (Wildman–Crippen MR) is 115 cm³/mol. The van der Waals surface area contributed by atoms with E-state index in [1.54, 1.807) is 0 Å². The van der Waals surface area contributed by atoms with E-state index in [9.17, 15) is 4.79 Å². The molecular weight excluding hydrogens is 384 g/mol. The van der Waals surface area contributed by atoms with Crippen LogP contribution in [-0.2, 0) is 9.53 Å². The van der Waals surface area contributed by atoms with E-state index in [4.69, 9.17) is 21.1 Å². The summed E-state index contributed by atoms with van der Waals surface area (Å²) >= 11 is 6.27. The van der Waals surface area contributed by atoms with E-state index in [1.807, 2.05) is 18.2 Å². The molecule has 0 bridgehead atoms. The van der Waals surface area contributed by atoms with Crippen molar-refractivity contribution in [3.05, 3.63) is 45.7 Å². The Morgan fingerprint density at radius 3 is 2.59 bits per heavy atom. The number of allylic oxidation sites excluding steroid dienone is 2. The number of Topliss-reactive ketones (excluding diaryl/α,β-unsaturated/α-hetero) is 1. The van der Waals surface area contributed by atoms with Crippen LogP contribution >= 0.6 is 11.6 Å². The summed E-state index contributed by atoms with van der Waals surface area (Å²) in [6.45, 7) is 10.8. The quantitative estimate of drug-likeness (QED) is 0.497. The number of hydrogen-bond acceptors (Lipinski definition) is 3. The highest BCUT2D eigenvalue weighted by Crippen LogP contribution is 2.59. The average molecular weight is 413 g/mol. The second kappa shape index (κ2) is 5.91. The number of ether oxygens (including phenoxy) is 2. The number of carbonyl (C=O) groups excluding carboxylic acids is 1. The number of carbonyl (C=O) groups is 1. The molecule has 1 saturated carbocycles. The average Bonchev–Trinajstić information content (AvgIpc) is 2.57. The van der Waals surface area contributed by atoms with Gasteiger partial charge >= 0.3 is 0 Å². The first-order chi connectivity index (χ1) is 13.5. The Bertz CT molecular complexity index is 984. The first-order valence-corrected chi connectivity index (χ1v) is 11.0. The van der Waals surface area contributed by atoms with Crippen LogP contribution in [0.1, 0.15) is 65.9 Å². The fraction of sp³-hybridized carbons (Fsp3) is 0.560. The molecule has 1 aromatic rings. The lowest BCUT2D eigenvalue weighted by atomic mass is 9.57. The second-order valence-electron chi connectivity index (χ2n) is 10.7. The van der Waals surface area contributed by atoms with E-state index >= 15 is 0 Å². The number of hydrogen-bond donors (Lipinski definition) is 0. The van der Waals surface area contributed by atoms with Gasteiger partial charge in [0.05, 0.1) is 0 Å². The summed E-state index contributed by atoms with van der Waals surface area (Å²) in [4.78, 5) is 13.4. The van der Waals surface area contributed by atoms with Crippen molar-refractivity contribution >= 4 is 23.5 Å². The minimum absolute atomic E-state index is 0.0447. The van der Waals surface area contributed by atoms with Gasteiger partial charge in [0.25, 0.3) is 0 Å². The van der Waals surface area contributed by atoms with Crippen molar-refractivity contribution in [2.45, 2.75) is 71.5 Å². The van der Waals surface area contributed by atoms with Crippen molar-refractivity contribution in [2.24, 2.45) is 17.3 Å². The molecule has 2 aliphatic carbocycles. The van der Waals surface area contributed by atoms with Gasteiger partial charge in [-0.05, 0) is 68.9 Å². The van der Waals surface area contributed by atoms with E-state index in [0.717, 1.165) is 41.9 Å². The summed E-state index contributed by atoms with van der Waals surface area (Å²) in [6, 6.07) is 5.78. The van der Waals surface area contributed by atoms with Crippen molar-refractivity contribution in [3.8, 4) is 5.75 Å². The highest BCUT2D eigenvalue weighted by Gasteiger charge is 2.57. The molecule has 0 saturated heterocycles. The molecule has 5 rings (SSSR count). The van der Waals surface area contributed by atoms with Crippen molar-refractivity contribution in [3.63, 3.8) is 0 Å². The van der Waals surface area contributed by atoms with Crippen LogP contribution in [0, 0.1) is 17.3 Å². The molecule has 2 aliphatic heterocycles. The number of fused-ring (bicyclic) bond motifs is 5. The maximum Gasteiger partial charge on any atom is 0.163 e. The predicted octanol–water partition coefficient (Wildman–Crippen LogP) is 6.35. The van der Waals surface area contributed by atoms with Crippen molar-refractivity contribution in [1.82, 2.24) is 0 Å². The maximum absolute atomic E-state index is 13.4. The van der Waals surface area contributed by atoms with E-state index in [0.29, 0.717) is 11.4 Å². The zero-order valence-electron chi connectivity index (χ0n) is 17.9. The molecule has 4 heteroatoms. The molecule has 1 fully saturated rings. The van der Waals surface area contributed by atoms with Crippen LogP contribution in [0.15, 0.2) is 35.1 Å². The lowest BCUT2D eigenvalue weighted by Crippen LogP contribution is -2.55. The monoisotopic (exact) mass is 412 g/mol. The number of benzene rings is 1. The van der Waals surface area contributed by atoms with Gasteiger partial charge in [-0.1, -0.05) is 25.4 Å². The van der Waals surface area contributed by atoms with Crippen molar-refractivity contribution in [2.75, 3.05) is 0 Å². The van der Waals surface area contributed by atoms with Gasteiger partial charge in [-0.2, -0.15) is 0 Å². The van der Waals surface area contributed by atoms with Crippen molar-refractivity contribution < 1.29 is 14.3 Å². The molecule has 2 heterocycles. The lowest BCUT2D eigenvalue weighted by molar-refractivity contribution is -0.127. The Morgan fingerprint density at radius 1 is 1.07 bits per heavy atom. The minimum Gasteiger partial charge on any atom is -0.491 e. The molecule has 0 spiro atoms. The van der Waals surface area contributed by atoms with Gasteiger partial charge in [0, 0.05) is 40.8 Å². The first kappa shape index (κ1) is 19.2. The van der Waals surface area contributed by atoms with E-state index < -0.39 is 5.60 Å². The van der Waals surface area contributed by atoms with Gasteiger partial charge in [-0.15, -0.1) is 0 Å². The minimum atomic E-state index is -0.402. The molecular formula is C25H29ClO3. The van der Waals surface area contributed by atoms with Crippen molar-refractivity contribution in [1.29, 1.82) is 0 Å². The van der Waals surface area contributed by atoms with Crippen LogP contribution in [0.2, 0.25) is 5.02 Å². The SMILES string of the molecule is CC1(C)CC(=O)C2=C(C1)OC(C)(C)[C@@H]1CC[C@]3(C)Oc4ccc(Cl)cc4C=C3[C@H]21. The Labute approximate surface area is 178 Å². The molecule has 154 valence electrons. The molecule has 0 unspecified atom stereocenters. The van der Waals surface area contributed by atoms with Gasteiger partial charge in [0.2, 0.25) is 0 Å². The molecule has 3 nitrogen and oxygen atoms in total. The fourth-order valence-corrected chi connectivity index (χ4v) is 6.17. The molecule has 1 aromatic carbocycles. The second-order valence-corrected chi connectivity index (χ2v) is 11.2. The smallest absolute Gasteiger partial charge is 0.163 e. The van der Waals surface area contributed by atoms with Crippen LogP contribution in [0.25, 0.3) is 6.08 Å². The Hall–Kier alpha value is -1.74. The summed E-state index contributed by atoms with van der Waals surface area (Å²) in [5.74, 6) is 2.32. The van der Waals surface area contributed by atoms with Crippen LogP contribution in [0.4, 0.5) is 0 Å². The highest BCUT2D eigenvalue weighted by atomic mass is 35.5. The molecule has 0 aromatic heterocycles. The van der Waals surface area contributed by atoms with Gasteiger partial charge in [0.15, 0.2) is 5.78 Å². The lowest BCUT2D eigenvalue weighted by Gasteiger charge is -2.55. The van der Waals surface area contributed by atoms with Crippen LogP contribution in [0.5, 0.6) is 5.75 Å². The standard InChI is InChI=1S/C25H29ClO3/c1-23(2)12-18(27)22-20(13-23)28-24(3,4)16-8-9-25(5)17(21(16)22)11-14-10-15(26)6-7-19(14)29-25/h6-7,10-11,16,21H,8-9,12-13H2,1-5H3/t16-,21-,25+/m1/s1. The third-order valence-corrected chi connectivity index (χ3v) is 7.60. The third-order valence-electron chi connectivity index (χ3n) is 7.37. The largest absolute Gasteiger partial charge is 0.491 e. The summed E-state index contributed by atoms with van der Waals surface area (Å²) in [7, 11) is 0. The molecule has 0 radical (unpaired) electrons. The maximum atomic E-state index is 13.4. The summed E-state index contributed by atoms with van der Waals surface area (Å²) in [6.07, 6.45) is 5.51. The fourth-order valence-electron chi connectivity index (χ4n) is 5.99. The molecule has 29 heavy (non-hydrogen) atoms. The molecule has 0 N–H and O–H groups in total. The van der Waals surface area contributed by atoms with E-state index in [1.165, 1.54) is 5.57 Å². The van der Waals surface area contributed by atoms with Crippen LogP contribution in [0.3, 0.4) is 0 Å². The van der Waals surface area contributed by atoms with E-state index in [2.05, 4.69) is 40.7 Å². The van der Waals surface area contributed by atoms with Gasteiger partial charge in [0.1, 0.15) is 22.7 Å². The number of rotatable bonds is 0. The van der Waals surface area contributed by atoms with Gasteiger partial charge < -0.3 is 9.47 Å². The Kier molecular flexibility index (Phi) is 3.92. The first-order valence-electron chi connectivity index (χ1n) is 10.7. The summed E-state index contributed by atoms with van der Waals surface area (Å²) in [5.41, 5.74) is 2.34. The van der Waals surface area contributed by atoms with E-state index in [-0.39, 0.29) is 28.6 Å². The highest BCUT2D eigenvalue weighted by molar-refractivity contribution is 6.30. The zero-order valence-corrected chi connectivity index (χ0v) is 18.7. The van der Waals surface area contributed by atoms with Gasteiger partial charge in [-0.25, -0.2) is 0 Å². The third kappa shape index (κ3) is 2.88. The summed E-state index contributed by atoms with van der Waals surface area (Å²) in [5, 5.41) is 0.697. The Balaban J connectivity index is 1.72. The topological polar surface area (TPSA) is 35.5 Å². The molecule has 4 aliphatic rings. The van der Waals surface area contributed by atoms with Gasteiger partial charge in [-0.3, -0.25) is 4.79 Å². The van der Waals surface area contributed by atoms with Crippen LogP contribution in [-0.4, -0.2) is 17.0 Å². The number of halogens is 1. The zero-order chi connectivity index (χ0) is 20.8.